The Balaban J connectivity index is 2.05. The molecule has 2 heterocycles. The average Bonchev–Trinajstić information content (AvgIpc) is 2.96. The molecular formula is C13H16N4O2. The van der Waals surface area contributed by atoms with Gasteiger partial charge in [-0.05, 0) is 38.1 Å². The Kier molecular flexibility index (Phi) is 4.12. The van der Waals surface area contributed by atoms with Gasteiger partial charge in [-0.15, -0.1) is 10.2 Å². The normalized spacial score (nSPS) is 10.2. The highest BCUT2D eigenvalue weighted by Gasteiger charge is 2.10. The van der Waals surface area contributed by atoms with Crippen LogP contribution in [-0.4, -0.2) is 29.2 Å². The van der Waals surface area contributed by atoms with Crippen molar-refractivity contribution >= 4 is 17.5 Å². The monoisotopic (exact) mass is 260 g/mol. The van der Waals surface area contributed by atoms with Gasteiger partial charge in [0, 0.05) is 13.1 Å². The third kappa shape index (κ3) is 3.09. The summed E-state index contributed by atoms with van der Waals surface area (Å²) in [6.07, 6.45) is 1.45. The van der Waals surface area contributed by atoms with Gasteiger partial charge in [0.15, 0.2) is 17.4 Å². The van der Waals surface area contributed by atoms with E-state index in [1.165, 1.54) is 6.26 Å². The standard InChI is InChI=1S/C13H16N4O2/c1-3-17(4-2)12-8-7-11(15-16-12)14-13(18)10-6-5-9-19-10/h5-9H,3-4H2,1-2H3,(H,14,15,18). The minimum absolute atomic E-state index is 0.245. The first-order valence-corrected chi connectivity index (χ1v) is 6.18. The Hall–Kier alpha value is -2.37. The molecule has 0 aliphatic carbocycles. The van der Waals surface area contributed by atoms with E-state index in [1.807, 2.05) is 6.07 Å². The molecule has 0 unspecified atom stereocenters. The quantitative estimate of drug-likeness (QED) is 0.892. The number of aromatic nitrogens is 2. The number of rotatable bonds is 5. The molecule has 0 fully saturated rings. The van der Waals surface area contributed by atoms with Gasteiger partial charge in [-0.25, -0.2) is 0 Å². The van der Waals surface area contributed by atoms with E-state index < -0.39 is 0 Å². The molecule has 2 aromatic heterocycles. The first-order valence-electron chi connectivity index (χ1n) is 6.18. The second-order valence-electron chi connectivity index (χ2n) is 3.88. The Labute approximate surface area is 111 Å². The SMILES string of the molecule is CCN(CC)c1ccc(NC(=O)c2ccco2)nn1. The molecule has 6 heteroatoms. The van der Waals surface area contributed by atoms with Gasteiger partial charge in [0.25, 0.3) is 5.91 Å². The fraction of sp³-hybridized carbons (Fsp3) is 0.308. The highest BCUT2D eigenvalue weighted by molar-refractivity contribution is 6.01. The van der Waals surface area contributed by atoms with E-state index in [1.54, 1.807) is 18.2 Å². The fourth-order valence-electron chi connectivity index (χ4n) is 1.69. The van der Waals surface area contributed by atoms with Gasteiger partial charge in [-0.2, -0.15) is 0 Å². The van der Waals surface area contributed by atoms with Crippen LogP contribution in [0.1, 0.15) is 24.4 Å². The molecule has 100 valence electrons. The minimum Gasteiger partial charge on any atom is -0.459 e. The lowest BCUT2D eigenvalue weighted by atomic mass is 10.4. The zero-order valence-electron chi connectivity index (χ0n) is 11.0. The maximum absolute atomic E-state index is 11.7. The molecule has 0 atom stereocenters. The molecule has 0 bridgehead atoms. The summed E-state index contributed by atoms with van der Waals surface area (Å²) >= 11 is 0. The van der Waals surface area contributed by atoms with Crippen molar-refractivity contribution in [1.82, 2.24) is 10.2 Å². The Morgan fingerprint density at radius 1 is 1.26 bits per heavy atom. The maximum atomic E-state index is 11.7. The van der Waals surface area contributed by atoms with Crippen molar-refractivity contribution in [3.05, 3.63) is 36.3 Å². The average molecular weight is 260 g/mol. The predicted octanol–water partition coefficient (Wildman–Crippen LogP) is 2.17. The first kappa shape index (κ1) is 13.1. The highest BCUT2D eigenvalue weighted by atomic mass is 16.3. The van der Waals surface area contributed by atoms with Gasteiger partial charge in [-0.3, -0.25) is 4.79 Å². The van der Waals surface area contributed by atoms with E-state index in [2.05, 4.69) is 34.3 Å². The second kappa shape index (κ2) is 5.99. The number of nitrogens with one attached hydrogen (secondary N) is 1. The Morgan fingerprint density at radius 2 is 2.05 bits per heavy atom. The molecule has 6 nitrogen and oxygen atoms in total. The fourth-order valence-corrected chi connectivity index (χ4v) is 1.69. The lowest BCUT2D eigenvalue weighted by molar-refractivity contribution is 0.0996. The van der Waals surface area contributed by atoms with Crippen molar-refractivity contribution in [2.24, 2.45) is 0 Å². The zero-order chi connectivity index (χ0) is 13.7. The number of nitrogens with zero attached hydrogens (tertiary/aromatic N) is 3. The maximum Gasteiger partial charge on any atom is 0.292 e. The third-order valence-corrected chi connectivity index (χ3v) is 2.72. The zero-order valence-corrected chi connectivity index (χ0v) is 11.0. The number of furan rings is 1. The Morgan fingerprint density at radius 3 is 2.58 bits per heavy atom. The van der Waals surface area contributed by atoms with Crippen LogP contribution >= 0.6 is 0 Å². The summed E-state index contributed by atoms with van der Waals surface area (Å²) in [5.41, 5.74) is 0. The molecule has 0 radical (unpaired) electrons. The summed E-state index contributed by atoms with van der Waals surface area (Å²) in [7, 11) is 0. The van der Waals surface area contributed by atoms with E-state index in [4.69, 9.17) is 4.42 Å². The topological polar surface area (TPSA) is 71.3 Å². The van der Waals surface area contributed by atoms with E-state index in [0.29, 0.717) is 5.82 Å². The molecule has 1 N–H and O–H groups in total. The van der Waals surface area contributed by atoms with Crippen LogP contribution in [0.15, 0.2) is 34.9 Å². The van der Waals surface area contributed by atoms with E-state index in [9.17, 15) is 4.79 Å². The van der Waals surface area contributed by atoms with Crippen LogP contribution < -0.4 is 10.2 Å². The molecule has 0 aromatic carbocycles. The van der Waals surface area contributed by atoms with Crippen LogP contribution in [0.5, 0.6) is 0 Å². The van der Waals surface area contributed by atoms with Crippen LogP contribution in [0.2, 0.25) is 0 Å². The second-order valence-corrected chi connectivity index (χ2v) is 3.88. The number of hydrogen-bond donors (Lipinski definition) is 1. The summed E-state index contributed by atoms with van der Waals surface area (Å²) in [5.74, 6) is 1.10. The van der Waals surface area contributed by atoms with E-state index in [-0.39, 0.29) is 11.7 Å². The number of carbonyl (C=O) groups is 1. The van der Waals surface area contributed by atoms with Crippen LogP contribution in [0.4, 0.5) is 11.6 Å². The van der Waals surface area contributed by atoms with Gasteiger partial charge in [0.05, 0.1) is 6.26 Å². The van der Waals surface area contributed by atoms with Crippen molar-refractivity contribution < 1.29 is 9.21 Å². The smallest absolute Gasteiger partial charge is 0.292 e. The van der Waals surface area contributed by atoms with E-state index >= 15 is 0 Å². The number of carbonyl (C=O) groups excluding carboxylic acids is 1. The molecule has 0 spiro atoms. The largest absolute Gasteiger partial charge is 0.459 e. The minimum atomic E-state index is -0.338. The molecule has 0 aliphatic rings. The summed E-state index contributed by atoms with van der Waals surface area (Å²) in [4.78, 5) is 13.8. The van der Waals surface area contributed by atoms with Gasteiger partial charge in [-0.1, -0.05) is 0 Å². The summed E-state index contributed by atoms with van der Waals surface area (Å²) in [6, 6.07) is 6.80. The van der Waals surface area contributed by atoms with Crippen molar-refractivity contribution in [1.29, 1.82) is 0 Å². The van der Waals surface area contributed by atoms with Crippen molar-refractivity contribution in [3.63, 3.8) is 0 Å². The molecule has 0 aliphatic heterocycles. The molecule has 0 saturated heterocycles. The van der Waals surface area contributed by atoms with Crippen LogP contribution in [0, 0.1) is 0 Å². The van der Waals surface area contributed by atoms with Gasteiger partial charge < -0.3 is 14.6 Å². The molecule has 0 saturated carbocycles. The third-order valence-electron chi connectivity index (χ3n) is 2.72. The lowest BCUT2D eigenvalue weighted by Gasteiger charge is -2.18. The number of hydrogen-bond acceptors (Lipinski definition) is 5. The summed E-state index contributed by atoms with van der Waals surface area (Å²) in [5, 5.41) is 10.7. The number of amides is 1. The molecule has 19 heavy (non-hydrogen) atoms. The van der Waals surface area contributed by atoms with Crippen LogP contribution in [-0.2, 0) is 0 Å². The van der Waals surface area contributed by atoms with Gasteiger partial charge in [0.2, 0.25) is 0 Å². The van der Waals surface area contributed by atoms with Crippen molar-refractivity contribution in [2.45, 2.75) is 13.8 Å². The summed E-state index contributed by atoms with van der Waals surface area (Å²) < 4.78 is 5.00. The van der Waals surface area contributed by atoms with Crippen LogP contribution in [0.3, 0.4) is 0 Å². The van der Waals surface area contributed by atoms with Crippen molar-refractivity contribution in [3.8, 4) is 0 Å². The number of anilines is 2. The molecule has 1 amide bonds. The summed E-state index contributed by atoms with van der Waals surface area (Å²) in [6.45, 7) is 5.84. The first-order chi connectivity index (χ1) is 9.24. The lowest BCUT2D eigenvalue weighted by Crippen LogP contribution is -2.23. The van der Waals surface area contributed by atoms with Crippen molar-refractivity contribution in [2.75, 3.05) is 23.3 Å². The van der Waals surface area contributed by atoms with E-state index in [0.717, 1.165) is 18.9 Å². The molecule has 2 rings (SSSR count). The Bertz CT molecular complexity index is 518. The molecule has 2 aromatic rings. The predicted molar refractivity (Wildman–Crippen MR) is 72.3 cm³/mol. The van der Waals surface area contributed by atoms with Gasteiger partial charge >= 0.3 is 0 Å². The van der Waals surface area contributed by atoms with Gasteiger partial charge in [0.1, 0.15) is 0 Å². The molecular weight excluding hydrogens is 244 g/mol. The highest BCUT2D eigenvalue weighted by Crippen LogP contribution is 2.12. The van der Waals surface area contributed by atoms with Crippen LogP contribution in [0.25, 0.3) is 0 Å².